The quantitative estimate of drug-likeness (QED) is 0.767. The molecule has 1 fully saturated rings. The first-order valence-electron chi connectivity index (χ1n) is 9.19. The molecule has 144 valence electrons. The number of nitrogens with one attached hydrogen (secondary N) is 1. The highest BCUT2D eigenvalue weighted by molar-refractivity contribution is 6.33. The molecule has 1 aliphatic heterocycles. The number of nitrogens with zero attached hydrogens (tertiary/aromatic N) is 1. The topological polar surface area (TPSA) is 67.6 Å². The lowest BCUT2D eigenvalue weighted by atomic mass is 9.97. The van der Waals surface area contributed by atoms with Crippen molar-refractivity contribution in [2.24, 2.45) is 0 Å². The Labute approximate surface area is 165 Å². The Balaban J connectivity index is 1.61. The summed E-state index contributed by atoms with van der Waals surface area (Å²) in [7, 11) is 1.52. The highest BCUT2D eigenvalue weighted by atomic mass is 35.5. The average Bonchev–Trinajstić information content (AvgIpc) is 2.66. The molecule has 1 saturated heterocycles. The van der Waals surface area contributed by atoms with Gasteiger partial charge in [-0.15, -0.1) is 0 Å². The third-order valence-corrected chi connectivity index (χ3v) is 5.47. The molecule has 0 radical (unpaired) electrons. The van der Waals surface area contributed by atoms with Crippen LogP contribution in [-0.4, -0.2) is 36.5 Å². The van der Waals surface area contributed by atoms with Crippen molar-refractivity contribution in [2.45, 2.75) is 38.4 Å². The van der Waals surface area contributed by atoms with E-state index in [-0.39, 0.29) is 11.9 Å². The second kappa shape index (κ2) is 8.63. The Kier molecular flexibility index (Phi) is 6.24. The number of nitrogens with two attached hydrogens (primary N) is 1. The Hall–Kier alpha value is -2.24. The Morgan fingerprint density at radius 1 is 1.33 bits per heavy atom. The van der Waals surface area contributed by atoms with E-state index >= 15 is 0 Å². The maximum atomic E-state index is 12.7. The van der Waals surface area contributed by atoms with E-state index in [1.807, 2.05) is 6.07 Å². The van der Waals surface area contributed by atoms with Crippen LogP contribution < -0.4 is 15.8 Å². The van der Waals surface area contributed by atoms with Gasteiger partial charge in [0, 0.05) is 31.2 Å². The van der Waals surface area contributed by atoms with E-state index in [0.717, 1.165) is 25.9 Å². The van der Waals surface area contributed by atoms with Crippen molar-refractivity contribution < 1.29 is 9.53 Å². The van der Waals surface area contributed by atoms with Crippen molar-refractivity contribution >= 4 is 23.2 Å². The second-order valence-corrected chi connectivity index (χ2v) is 7.48. The van der Waals surface area contributed by atoms with Gasteiger partial charge in [0.25, 0.3) is 5.91 Å². The van der Waals surface area contributed by atoms with Crippen molar-refractivity contribution in [3.63, 3.8) is 0 Å². The molecule has 27 heavy (non-hydrogen) atoms. The first-order valence-corrected chi connectivity index (χ1v) is 9.57. The monoisotopic (exact) mass is 387 g/mol. The molecule has 0 bridgehead atoms. The molecule has 0 spiro atoms. The number of benzene rings is 2. The van der Waals surface area contributed by atoms with Crippen LogP contribution in [0.4, 0.5) is 5.69 Å². The predicted octanol–water partition coefficient (Wildman–Crippen LogP) is 3.71. The first kappa shape index (κ1) is 19.5. The van der Waals surface area contributed by atoms with Crippen LogP contribution in [0, 0.1) is 0 Å². The second-order valence-electron chi connectivity index (χ2n) is 7.07. The molecule has 1 amide bonds. The molecule has 6 heteroatoms. The summed E-state index contributed by atoms with van der Waals surface area (Å²) in [5.74, 6) is 0.256. The molecule has 5 nitrogen and oxygen atoms in total. The number of halogens is 1. The van der Waals surface area contributed by atoms with Gasteiger partial charge in [-0.05, 0) is 31.4 Å². The van der Waals surface area contributed by atoms with Crippen LogP contribution in [0.3, 0.4) is 0 Å². The minimum atomic E-state index is -0.178. The molecule has 2 atom stereocenters. The maximum Gasteiger partial charge on any atom is 0.255 e. The van der Waals surface area contributed by atoms with Gasteiger partial charge in [0.15, 0.2) is 0 Å². The molecule has 1 heterocycles. The van der Waals surface area contributed by atoms with Gasteiger partial charge in [-0.25, -0.2) is 0 Å². The number of carbonyl (C=O) groups excluding carboxylic acids is 1. The van der Waals surface area contributed by atoms with Crippen LogP contribution in [0.2, 0.25) is 5.02 Å². The third kappa shape index (κ3) is 4.73. The molecule has 2 aromatic carbocycles. The molecule has 1 aliphatic rings. The minimum absolute atomic E-state index is 0.126. The summed E-state index contributed by atoms with van der Waals surface area (Å²) in [6, 6.07) is 14.1. The molecular formula is C21H26ClN3O2. The van der Waals surface area contributed by atoms with Crippen LogP contribution in [0.5, 0.6) is 5.75 Å². The predicted molar refractivity (Wildman–Crippen MR) is 109 cm³/mol. The molecule has 2 unspecified atom stereocenters. The average molecular weight is 388 g/mol. The Bertz CT molecular complexity index is 798. The Morgan fingerprint density at radius 2 is 2.07 bits per heavy atom. The number of hydrogen-bond donors (Lipinski definition) is 2. The zero-order valence-electron chi connectivity index (χ0n) is 15.7. The fraction of sp³-hybridized carbons (Fsp3) is 0.381. The normalized spacial score (nSPS) is 20.3. The molecule has 2 aromatic rings. The number of methoxy groups -OCH3 is 1. The minimum Gasteiger partial charge on any atom is -0.496 e. The largest absolute Gasteiger partial charge is 0.496 e. The number of piperidine rings is 1. The molecule has 0 aromatic heterocycles. The van der Waals surface area contributed by atoms with Gasteiger partial charge in [-0.3, -0.25) is 9.69 Å². The highest BCUT2D eigenvalue weighted by Gasteiger charge is 2.27. The van der Waals surface area contributed by atoms with Crippen LogP contribution in [0.25, 0.3) is 0 Å². The summed E-state index contributed by atoms with van der Waals surface area (Å²) in [6.45, 7) is 4.09. The molecule has 3 rings (SSSR count). The van der Waals surface area contributed by atoms with Gasteiger partial charge < -0.3 is 15.8 Å². The van der Waals surface area contributed by atoms with E-state index in [9.17, 15) is 4.79 Å². The number of ether oxygens (including phenoxy) is 1. The van der Waals surface area contributed by atoms with Crippen molar-refractivity contribution in [2.75, 3.05) is 19.4 Å². The summed E-state index contributed by atoms with van der Waals surface area (Å²) in [6.07, 6.45) is 1.82. The van der Waals surface area contributed by atoms with Gasteiger partial charge in [0.05, 0.1) is 23.4 Å². The standard InChI is InChI=1S/C21H26ClN3O2/c1-14-10-16(8-9-25(14)13-15-6-4-3-5-7-15)24-21(26)17-11-18(22)19(23)12-20(17)27-2/h3-7,11-12,14,16H,8-10,13,23H2,1-2H3,(H,24,26). The fourth-order valence-corrected chi connectivity index (χ4v) is 3.75. The summed E-state index contributed by atoms with van der Waals surface area (Å²) < 4.78 is 5.29. The smallest absolute Gasteiger partial charge is 0.255 e. The van der Waals surface area contributed by atoms with Gasteiger partial charge >= 0.3 is 0 Å². The van der Waals surface area contributed by atoms with E-state index < -0.39 is 0 Å². The number of carbonyl (C=O) groups is 1. The van der Waals surface area contributed by atoms with E-state index in [0.29, 0.717) is 28.1 Å². The van der Waals surface area contributed by atoms with Gasteiger partial charge in [-0.1, -0.05) is 41.9 Å². The van der Waals surface area contributed by atoms with Crippen LogP contribution >= 0.6 is 11.6 Å². The summed E-state index contributed by atoms with van der Waals surface area (Å²) in [4.78, 5) is 15.2. The zero-order chi connectivity index (χ0) is 19.4. The molecular weight excluding hydrogens is 362 g/mol. The van der Waals surface area contributed by atoms with E-state index in [1.54, 1.807) is 12.1 Å². The molecule has 3 N–H and O–H groups in total. The van der Waals surface area contributed by atoms with E-state index in [2.05, 4.69) is 41.4 Å². The fourth-order valence-electron chi connectivity index (χ4n) is 3.58. The van der Waals surface area contributed by atoms with Crippen molar-refractivity contribution in [3.05, 3.63) is 58.6 Å². The number of likely N-dealkylation sites (tertiary alicyclic amines) is 1. The van der Waals surface area contributed by atoms with Gasteiger partial charge in [-0.2, -0.15) is 0 Å². The molecule has 0 aliphatic carbocycles. The number of rotatable bonds is 5. The number of nitrogen functional groups attached to an aromatic ring is 1. The summed E-state index contributed by atoms with van der Waals surface area (Å²) in [5, 5.41) is 3.48. The van der Waals surface area contributed by atoms with E-state index in [4.69, 9.17) is 22.1 Å². The molecule has 0 saturated carbocycles. The van der Waals surface area contributed by atoms with Crippen LogP contribution in [0.15, 0.2) is 42.5 Å². The van der Waals surface area contributed by atoms with Gasteiger partial charge in [0.1, 0.15) is 5.75 Å². The third-order valence-electron chi connectivity index (χ3n) is 5.14. The summed E-state index contributed by atoms with van der Waals surface area (Å²) in [5.41, 5.74) is 7.92. The van der Waals surface area contributed by atoms with Crippen molar-refractivity contribution in [1.82, 2.24) is 10.2 Å². The lowest BCUT2D eigenvalue weighted by molar-refractivity contribution is 0.0864. The maximum absolute atomic E-state index is 12.7. The SMILES string of the molecule is COc1cc(N)c(Cl)cc1C(=O)NC1CCN(Cc2ccccc2)C(C)C1. The lowest BCUT2D eigenvalue weighted by Gasteiger charge is -2.38. The van der Waals surface area contributed by atoms with Crippen LogP contribution in [0.1, 0.15) is 35.7 Å². The van der Waals surface area contributed by atoms with Crippen molar-refractivity contribution in [3.8, 4) is 5.75 Å². The number of hydrogen-bond acceptors (Lipinski definition) is 4. The lowest BCUT2D eigenvalue weighted by Crippen LogP contribution is -2.48. The van der Waals surface area contributed by atoms with E-state index in [1.165, 1.54) is 12.7 Å². The summed E-state index contributed by atoms with van der Waals surface area (Å²) >= 11 is 6.08. The number of amides is 1. The van der Waals surface area contributed by atoms with Gasteiger partial charge in [0.2, 0.25) is 0 Å². The highest BCUT2D eigenvalue weighted by Crippen LogP contribution is 2.29. The number of anilines is 1. The van der Waals surface area contributed by atoms with Crippen molar-refractivity contribution in [1.29, 1.82) is 0 Å². The zero-order valence-corrected chi connectivity index (χ0v) is 16.5. The van der Waals surface area contributed by atoms with Crippen LogP contribution in [-0.2, 0) is 6.54 Å². The first-order chi connectivity index (χ1) is 13.0. The Morgan fingerprint density at radius 3 is 2.74 bits per heavy atom.